The molecule has 1 saturated carbocycles. The lowest BCUT2D eigenvalue weighted by molar-refractivity contribution is 0.0612. The van der Waals surface area contributed by atoms with E-state index in [1.807, 2.05) is 0 Å². The molecule has 0 amide bonds. The summed E-state index contributed by atoms with van der Waals surface area (Å²) in [6, 6.07) is 0.496. The molecule has 0 unspecified atom stereocenters. The maximum atomic E-state index is 9.60. The Morgan fingerprint density at radius 2 is 1.81 bits per heavy atom. The van der Waals surface area contributed by atoms with E-state index >= 15 is 0 Å². The Morgan fingerprint density at radius 3 is 2.25 bits per heavy atom. The van der Waals surface area contributed by atoms with Gasteiger partial charge in [-0.15, -0.1) is 0 Å². The van der Waals surface area contributed by atoms with Crippen molar-refractivity contribution >= 4 is 0 Å². The third-order valence-corrected chi connectivity index (χ3v) is 3.87. The molecule has 0 aromatic heterocycles. The summed E-state index contributed by atoms with van der Waals surface area (Å²) in [6.07, 6.45) is 5.66. The van der Waals surface area contributed by atoms with Crippen LogP contribution in [0.5, 0.6) is 0 Å². The van der Waals surface area contributed by atoms with E-state index in [0.29, 0.717) is 12.6 Å². The molecule has 0 saturated heterocycles. The second-order valence-corrected chi connectivity index (χ2v) is 5.51. The first-order valence-electron chi connectivity index (χ1n) is 6.59. The van der Waals surface area contributed by atoms with E-state index in [4.69, 9.17) is 5.11 Å². The van der Waals surface area contributed by atoms with Crippen molar-refractivity contribution in [2.75, 3.05) is 26.3 Å². The molecular weight excluding hydrogens is 202 g/mol. The van der Waals surface area contributed by atoms with Crippen LogP contribution >= 0.6 is 0 Å². The molecule has 1 aliphatic carbocycles. The van der Waals surface area contributed by atoms with E-state index in [-0.39, 0.29) is 12.0 Å². The maximum absolute atomic E-state index is 9.60. The summed E-state index contributed by atoms with van der Waals surface area (Å²) < 4.78 is 0. The van der Waals surface area contributed by atoms with Gasteiger partial charge in [-0.2, -0.15) is 0 Å². The summed E-state index contributed by atoms with van der Waals surface area (Å²) in [7, 11) is 0. The summed E-state index contributed by atoms with van der Waals surface area (Å²) in [5, 5.41) is 18.5. The average molecular weight is 229 g/mol. The Bertz CT molecular complexity index is 188. The lowest BCUT2D eigenvalue weighted by atomic mass is 9.86. The molecule has 1 aliphatic rings. The summed E-state index contributed by atoms with van der Waals surface area (Å²) in [5.41, 5.74) is 0.139. The second kappa shape index (κ2) is 6.58. The Kier molecular flexibility index (Phi) is 5.73. The average Bonchev–Trinajstić information content (AvgIpc) is 2.73. The molecule has 0 spiro atoms. The highest BCUT2D eigenvalue weighted by Crippen LogP contribution is 2.38. The van der Waals surface area contributed by atoms with E-state index in [9.17, 15) is 5.11 Å². The topological polar surface area (TPSA) is 43.7 Å². The van der Waals surface area contributed by atoms with Gasteiger partial charge < -0.3 is 15.1 Å². The zero-order valence-corrected chi connectivity index (χ0v) is 10.8. The van der Waals surface area contributed by atoms with Crippen LogP contribution in [0, 0.1) is 5.41 Å². The Morgan fingerprint density at radius 1 is 1.19 bits per heavy atom. The van der Waals surface area contributed by atoms with Gasteiger partial charge in [-0.05, 0) is 33.1 Å². The number of rotatable bonds is 7. The fourth-order valence-electron chi connectivity index (χ4n) is 2.72. The smallest absolute Gasteiger partial charge is 0.0499 e. The van der Waals surface area contributed by atoms with Crippen molar-refractivity contribution in [2.24, 2.45) is 5.41 Å². The Labute approximate surface area is 99.5 Å². The first-order valence-corrected chi connectivity index (χ1v) is 6.59. The number of hydrogen-bond acceptors (Lipinski definition) is 3. The number of hydrogen-bond donors (Lipinski definition) is 2. The lowest BCUT2D eigenvalue weighted by Crippen LogP contribution is -2.42. The number of aliphatic hydroxyl groups excluding tert-OH is 2. The third-order valence-electron chi connectivity index (χ3n) is 3.87. The van der Waals surface area contributed by atoms with Gasteiger partial charge in [0.25, 0.3) is 0 Å². The van der Waals surface area contributed by atoms with Crippen molar-refractivity contribution in [3.8, 4) is 0 Å². The molecule has 3 nitrogen and oxygen atoms in total. The third kappa shape index (κ3) is 3.72. The molecule has 0 heterocycles. The summed E-state index contributed by atoms with van der Waals surface area (Å²) >= 11 is 0. The van der Waals surface area contributed by atoms with Crippen molar-refractivity contribution in [3.63, 3.8) is 0 Å². The van der Waals surface area contributed by atoms with Crippen molar-refractivity contribution in [1.82, 2.24) is 4.90 Å². The zero-order chi connectivity index (χ0) is 12.0. The molecule has 3 heteroatoms. The normalized spacial score (nSPS) is 19.9. The summed E-state index contributed by atoms with van der Waals surface area (Å²) in [5.74, 6) is 0. The van der Waals surface area contributed by atoms with E-state index in [2.05, 4.69) is 18.7 Å². The molecule has 1 rings (SSSR count). The van der Waals surface area contributed by atoms with Crippen molar-refractivity contribution < 1.29 is 10.2 Å². The SMILES string of the molecule is CC(C)N(CCCO)CC1(CO)CCCC1. The minimum atomic E-state index is 0.139. The fourth-order valence-corrected chi connectivity index (χ4v) is 2.72. The highest BCUT2D eigenvalue weighted by Gasteiger charge is 2.35. The van der Waals surface area contributed by atoms with Gasteiger partial charge in [0, 0.05) is 37.8 Å². The standard InChI is InChI=1S/C13H27NO2/c1-12(2)14(8-5-9-15)10-13(11-16)6-3-4-7-13/h12,15-16H,3-11H2,1-2H3. The predicted octanol–water partition coefficient (Wildman–Crippen LogP) is 1.63. The van der Waals surface area contributed by atoms with Crippen molar-refractivity contribution in [2.45, 2.75) is 52.0 Å². The van der Waals surface area contributed by atoms with Crippen LogP contribution < -0.4 is 0 Å². The Hall–Kier alpha value is -0.120. The van der Waals surface area contributed by atoms with Crippen LogP contribution in [-0.2, 0) is 0 Å². The number of aliphatic hydroxyl groups is 2. The molecule has 2 N–H and O–H groups in total. The highest BCUT2D eigenvalue weighted by molar-refractivity contribution is 4.87. The molecule has 0 bridgehead atoms. The molecule has 96 valence electrons. The molecule has 0 aliphatic heterocycles. The minimum Gasteiger partial charge on any atom is -0.396 e. The zero-order valence-electron chi connectivity index (χ0n) is 10.8. The molecule has 1 fully saturated rings. The monoisotopic (exact) mass is 229 g/mol. The fraction of sp³-hybridized carbons (Fsp3) is 1.00. The number of nitrogens with zero attached hydrogens (tertiary/aromatic N) is 1. The van der Waals surface area contributed by atoms with E-state index in [1.54, 1.807) is 0 Å². The maximum Gasteiger partial charge on any atom is 0.0499 e. The summed E-state index contributed by atoms with van der Waals surface area (Å²) in [4.78, 5) is 2.40. The van der Waals surface area contributed by atoms with Crippen LogP contribution in [0.2, 0.25) is 0 Å². The van der Waals surface area contributed by atoms with Gasteiger partial charge in [0.1, 0.15) is 0 Å². The predicted molar refractivity (Wildman–Crippen MR) is 66.4 cm³/mol. The lowest BCUT2D eigenvalue weighted by Gasteiger charge is -2.36. The van der Waals surface area contributed by atoms with Gasteiger partial charge in [-0.1, -0.05) is 12.8 Å². The minimum absolute atomic E-state index is 0.139. The summed E-state index contributed by atoms with van der Waals surface area (Å²) in [6.45, 7) is 6.89. The van der Waals surface area contributed by atoms with E-state index in [1.165, 1.54) is 12.8 Å². The van der Waals surface area contributed by atoms with Crippen LogP contribution in [0.4, 0.5) is 0 Å². The molecule has 0 aromatic rings. The van der Waals surface area contributed by atoms with Crippen molar-refractivity contribution in [3.05, 3.63) is 0 Å². The van der Waals surface area contributed by atoms with Gasteiger partial charge in [0.15, 0.2) is 0 Å². The van der Waals surface area contributed by atoms with Gasteiger partial charge >= 0.3 is 0 Å². The first kappa shape index (κ1) is 13.9. The largest absolute Gasteiger partial charge is 0.396 e. The van der Waals surface area contributed by atoms with Gasteiger partial charge in [0.05, 0.1) is 0 Å². The Balaban J connectivity index is 2.51. The van der Waals surface area contributed by atoms with Crippen LogP contribution in [0.1, 0.15) is 46.0 Å². The van der Waals surface area contributed by atoms with Crippen LogP contribution in [0.15, 0.2) is 0 Å². The highest BCUT2D eigenvalue weighted by atomic mass is 16.3. The van der Waals surface area contributed by atoms with Crippen LogP contribution in [0.25, 0.3) is 0 Å². The van der Waals surface area contributed by atoms with Crippen molar-refractivity contribution in [1.29, 1.82) is 0 Å². The van der Waals surface area contributed by atoms with E-state index < -0.39 is 0 Å². The molecule has 0 aromatic carbocycles. The first-order chi connectivity index (χ1) is 7.63. The van der Waals surface area contributed by atoms with Gasteiger partial charge in [0.2, 0.25) is 0 Å². The van der Waals surface area contributed by atoms with Gasteiger partial charge in [-0.25, -0.2) is 0 Å². The van der Waals surface area contributed by atoms with Crippen LogP contribution in [-0.4, -0.2) is 47.5 Å². The van der Waals surface area contributed by atoms with E-state index in [0.717, 1.165) is 32.4 Å². The molecule has 16 heavy (non-hydrogen) atoms. The molecule has 0 radical (unpaired) electrons. The van der Waals surface area contributed by atoms with Gasteiger partial charge in [-0.3, -0.25) is 0 Å². The molecule has 0 atom stereocenters. The molecular formula is C13H27NO2. The quantitative estimate of drug-likeness (QED) is 0.697. The second-order valence-electron chi connectivity index (χ2n) is 5.51. The van der Waals surface area contributed by atoms with Crippen LogP contribution in [0.3, 0.4) is 0 Å².